The SMILES string of the molecule is CC1CCN(c2nc(-c3ccc(C#N)cc3)c(-c3ccc4c(cnn4C)c3)s2)CC1.CC1CCN(c2nc(-c3ccc(C#N)cc3)c(-c3cnc4c(ccn4C)c3)s2)CC1.CC1CCN(c2nc(-c3ccc(C#N)cc3)c(-c3cnc4c(cnn4C)c3)s2)CC1.Cn1ncc2cc(-c3sc(N4CC[C@H]5CCC[C@H]5CC4)nc3-c3ccc(C#N)cc3)ccc21. The number of aromatic nitrogens is 13. The smallest absolute Gasteiger partial charge is 0.186 e. The zero-order valence-electron chi connectivity index (χ0n) is 70.2. The van der Waals surface area contributed by atoms with E-state index in [0.717, 1.165) is 218 Å². The summed E-state index contributed by atoms with van der Waals surface area (Å²) in [5.74, 6) is 4.15. The van der Waals surface area contributed by atoms with E-state index in [1.165, 1.54) is 85.9 Å². The Morgan fingerprint density at radius 2 is 0.610 bits per heavy atom. The maximum Gasteiger partial charge on any atom is 0.186 e. The number of anilines is 4. The van der Waals surface area contributed by atoms with Crippen LogP contribution in [0.3, 0.4) is 0 Å². The van der Waals surface area contributed by atoms with Crippen LogP contribution >= 0.6 is 45.3 Å². The summed E-state index contributed by atoms with van der Waals surface area (Å²) in [7, 11) is 7.86. The number of hydrogen-bond donors (Lipinski definition) is 0. The van der Waals surface area contributed by atoms with Gasteiger partial charge in [-0.25, -0.2) is 29.9 Å². The molecule has 616 valence electrons. The van der Waals surface area contributed by atoms with Gasteiger partial charge in [-0.1, -0.05) is 146 Å². The zero-order chi connectivity index (χ0) is 84.4. The standard InChI is InChI=1S/C27H27N5S.2C24H23N5S.C23H22N6S/c1-31-24-10-9-22(15-23(24)17-29-31)26-25(21-7-5-18(16-28)6-8-21)30-27(33-26)32-13-11-19-3-2-4-20(19)12-14-32;1-16-7-11-29(12-8-16)24-27-21(18-5-3-17(14-25)4-6-18)22(30-24)20-13-19-9-10-28(2)23(19)26-15-20;1-16-9-11-29(12-10-16)24-27-22(18-5-3-17(14-25)4-6-18)23(30-24)19-7-8-21-20(13-19)15-26-28(21)2;1-15-7-9-29(10-8-15)23-27-20(17-5-3-16(12-24)4-6-17)21(30-23)18-11-19-14-26-28(2)22(19)25-13-18/h5-10,15,17,19-20H,2-4,11-14H2,1H3;3-6,9-10,13,15-16H,7-8,11-12H2,1-2H3;3-8,13,15-16H,9-12H2,1-2H3;3-6,11,13-15H,7-10H2,1-2H3/t19-,20+;;;. The minimum absolute atomic E-state index is 0.652. The number of piperidine rings is 3. The maximum absolute atomic E-state index is 9.22. The van der Waals surface area contributed by atoms with E-state index in [9.17, 15) is 5.26 Å². The van der Waals surface area contributed by atoms with Crippen LogP contribution in [0.25, 0.3) is 131 Å². The summed E-state index contributed by atoms with van der Waals surface area (Å²) in [5.41, 5.74) is 19.3. The van der Waals surface area contributed by atoms with Gasteiger partial charge < -0.3 is 24.2 Å². The van der Waals surface area contributed by atoms with Gasteiger partial charge in [0.25, 0.3) is 0 Å². The van der Waals surface area contributed by atoms with E-state index >= 15 is 0 Å². The number of pyridine rings is 2. The summed E-state index contributed by atoms with van der Waals surface area (Å²) >= 11 is 7.03. The Morgan fingerprint density at radius 1 is 0.309 bits per heavy atom. The van der Waals surface area contributed by atoms with Crippen molar-refractivity contribution in [1.29, 1.82) is 21.0 Å². The first-order valence-electron chi connectivity index (χ1n) is 42.6. The van der Waals surface area contributed by atoms with E-state index in [1.807, 2.05) is 176 Å². The van der Waals surface area contributed by atoms with Crippen molar-refractivity contribution in [2.45, 2.75) is 91.4 Å². The van der Waals surface area contributed by atoms with Crippen LogP contribution in [0.2, 0.25) is 0 Å². The fourth-order valence-corrected chi connectivity index (χ4v) is 22.1. The normalized spacial score (nSPS) is 16.4. The lowest BCUT2D eigenvalue weighted by Crippen LogP contribution is -2.32. The van der Waals surface area contributed by atoms with Crippen molar-refractivity contribution in [2.75, 3.05) is 72.0 Å². The van der Waals surface area contributed by atoms with Crippen LogP contribution in [0.15, 0.2) is 189 Å². The lowest BCUT2D eigenvalue weighted by molar-refractivity contribution is 0.378. The number of fused-ring (bicyclic) bond motifs is 5. The highest BCUT2D eigenvalue weighted by atomic mass is 32.1. The quantitative estimate of drug-likeness (QED) is 0.110. The highest BCUT2D eigenvalue weighted by Gasteiger charge is 2.33. The molecule has 0 bridgehead atoms. The Kier molecular flexibility index (Phi) is 23.6. The van der Waals surface area contributed by atoms with Crippen molar-refractivity contribution in [3.63, 3.8) is 0 Å². The number of hydrogen-bond acceptors (Lipinski definition) is 21. The van der Waals surface area contributed by atoms with Gasteiger partial charge in [-0.2, -0.15) is 36.3 Å². The summed E-state index contributed by atoms with van der Waals surface area (Å²) < 4.78 is 7.63. The van der Waals surface area contributed by atoms with E-state index in [0.29, 0.717) is 22.3 Å². The first-order chi connectivity index (χ1) is 60.0. The Hall–Kier alpha value is -12.8. The van der Waals surface area contributed by atoms with Gasteiger partial charge in [0.1, 0.15) is 5.65 Å². The summed E-state index contributed by atoms with van der Waals surface area (Å²) in [5, 5.41) is 58.5. The molecule has 2 atom stereocenters. The topological polar surface area (TPSA) is 244 Å². The molecule has 5 aliphatic rings. The number of benzene rings is 6. The molecule has 4 saturated heterocycles. The van der Waals surface area contributed by atoms with E-state index in [-0.39, 0.29) is 0 Å². The Morgan fingerprint density at radius 3 is 0.967 bits per heavy atom. The zero-order valence-corrected chi connectivity index (χ0v) is 73.5. The fourth-order valence-electron chi connectivity index (χ4n) is 17.6. The van der Waals surface area contributed by atoms with Crippen molar-refractivity contribution in [3.8, 4) is 111 Å². The average molecular weight is 1700 g/mol. The van der Waals surface area contributed by atoms with Crippen molar-refractivity contribution >= 4 is 110 Å². The van der Waals surface area contributed by atoms with Crippen LogP contribution in [0.1, 0.15) is 114 Å². The molecule has 5 fully saturated rings. The molecule has 0 amide bonds. The van der Waals surface area contributed by atoms with Gasteiger partial charge in [-0.15, -0.1) is 0 Å². The van der Waals surface area contributed by atoms with Crippen LogP contribution in [0, 0.1) is 74.9 Å². The molecule has 4 aliphatic heterocycles. The molecule has 0 N–H and O–H groups in total. The van der Waals surface area contributed by atoms with Crippen LogP contribution in [-0.2, 0) is 28.2 Å². The minimum Gasteiger partial charge on any atom is -0.348 e. The molecule has 14 heterocycles. The molecule has 123 heavy (non-hydrogen) atoms. The molecule has 10 aromatic heterocycles. The first-order valence-corrected chi connectivity index (χ1v) is 45.9. The molecule has 1 aliphatic carbocycles. The third-order valence-electron chi connectivity index (χ3n) is 25.2. The number of nitriles is 4. The Bertz CT molecular complexity index is 6180. The molecule has 16 aromatic rings. The maximum atomic E-state index is 9.22. The molecular formula is C98H95N21S4. The van der Waals surface area contributed by atoms with Crippen LogP contribution in [0.5, 0.6) is 0 Å². The summed E-state index contributed by atoms with van der Waals surface area (Å²) in [6, 6.07) is 59.2. The minimum atomic E-state index is 0.652. The first kappa shape index (κ1) is 81.3. The predicted octanol–water partition coefficient (Wildman–Crippen LogP) is 22.1. The number of thiazole rings is 4. The average Bonchev–Trinajstić information content (AvgIpc) is 1.65. The van der Waals surface area contributed by atoms with E-state index < -0.39 is 0 Å². The van der Waals surface area contributed by atoms with E-state index in [2.05, 4.69) is 140 Å². The third kappa shape index (κ3) is 17.3. The summed E-state index contributed by atoms with van der Waals surface area (Å²) in [6.07, 6.45) is 25.6. The second-order valence-electron chi connectivity index (χ2n) is 33.5. The van der Waals surface area contributed by atoms with Gasteiger partial charge in [0, 0.05) is 154 Å². The molecule has 0 radical (unpaired) electrons. The molecule has 0 spiro atoms. The van der Waals surface area contributed by atoms with Gasteiger partial charge in [0.15, 0.2) is 26.2 Å². The number of rotatable bonds is 12. The van der Waals surface area contributed by atoms with Crippen LogP contribution in [0.4, 0.5) is 20.5 Å². The van der Waals surface area contributed by atoms with Crippen LogP contribution < -0.4 is 19.6 Å². The largest absolute Gasteiger partial charge is 0.348 e. The molecule has 1 saturated carbocycles. The Labute approximate surface area is 732 Å². The van der Waals surface area contributed by atoms with Gasteiger partial charge in [0.2, 0.25) is 0 Å². The second kappa shape index (κ2) is 35.7. The van der Waals surface area contributed by atoms with Crippen molar-refractivity contribution in [3.05, 3.63) is 211 Å². The second-order valence-corrected chi connectivity index (χ2v) is 37.4. The predicted molar refractivity (Wildman–Crippen MR) is 500 cm³/mol. The molecule has 25 heteroatoms. The van der Waals surface area contributed by atoms with Crippen molar-refractivity contribution in [2.24, 2.45) is 57.8 Å². The van der Waals surface area contributed by atoms with Gasteiger partial charge in [0.05, 0.1) is 118 Å². The Balaban J connectivity index is 0.000000112. The summed E-state index contributed by atoms with van der Waals surface area (Å²) in [4.78, 5) is 44.1. The molecule has 6 aromatic carbocycles. The van der Waals surface area contributed by atoms with Gasteiger partial charge in [-0.3, -0.25) is 14.0 Å². The van der Waals surface area contributed by atoms with Crippen molar-refractivity contribution in [1.82, 2.24) is 63.8 Å². The fraction of sp³-hybridized carbons (Fsp3) is 0.316. The lowest BCUT2D eigenvalue weighted by Gasteiger charge is -2.29. The van der Waals surface area contributed by atoms with Gasteiger partial charge in [-0.05, 0) is 183 Å². The van der Waals surface area contributed by atoms with E-state index in [4.69, 9.17) is 40.7 Å². The lowest BCUT2D eigenvalue weighted by atomic mass is 9.92. The molecule has 21 rings (SSSR count). The number of aryl methyl sites for hydroxylation is 4. The molecule has 21 nitrogen and oxygen atoms in total. The number of nitrogens with zero attached hydrogens (tertiary/aromatic N) is 21. The van der Waals surface area contributed by atoms with Crippen molar-refractivity contribution < 1.29 is 0 Å². The molecule has 0 unspecified atom stereocenters. The third-order valence-corrected chi connectivity index (χ3v) is 29.9. The van der Waals surface area contributed by atoms with Gasteiger partial charge >= 0.3 is 0 Å². The highest BCUT2D eigenvalue weighted by molar-refractivity contribution is 7.20. The monoisotopic (exact) mass is 1690 g/mol. The molecular weight excluding hydrogens is 1600 g/mol. The summed E-state index contributed by atoms with van der Waals surface area (Å²) in [6.45, 7) is 15.5. The highest BCUT2D eigenvalue weighted by Crippen LogP contribution is 2.48. The van der Waals surface area contributed by atoms with Crippen LogP contribution in [-0.4, -0.2) is 116 Å². The van der Waals surface area contributed by atoms with E-state index in [1.54, 1.807) is 50.0 Å².